The molecule has 2 atom stereocenters. The van der Waals surface area contributed by atoms with Gasteiger partial charge in [-0.25, -0.2) is 0 Å². The molecule has 106 valence electrons. The van der Waals surface area contributed by atoms with Crippen LogP contribution in [-0.4, -0.2) is 44.7 Å². The summed E-state index contributed by atoms with van der Waals surface area (Å²) in [5.74, 6) is 0. The van der Waals surface area contributed by atoms with E-state index in [1.807, 2.05) is 0 Å². The Kier molecular flexibility index (Phi) is 5.42. The van der Waals surface area contributed by atoms with Crippen LogP contribution in [0.4, 0.5) is 0 Å². The molecule has 2 saturated heterocycles. The number of nitrogens with two attached hydrogens (primary N) is 1. The molecule has 2 aliphatic heterocycles. The number of hydrogen-bond donors (Lipinski definition) is 1. The zero-order valence-corrected chi connectivity index (χ0v) is 11.5. The van der Waals surface area contributed by atoms with Gasteiger partial charge in [-0.2, -0.15) is 0 Å². The van der Waals surface area contributed by atoms with Gasteiger partial charge in [0.15, 0.2) is 0 Å². The van der Waals surface area contributed by atoms with E-state index in [9.17, 15) is 0 Å². The smallest absolute Gasteiger partial charge is 0.0872 e. The van der Waals surface area contributed by atoms with Gasteiger partial charge in [0.05, 0.1) is 11.7 Å². The third-order valence-corrected chi connectivity index (χ3v) is 4.49. The van der Waals surface area contributed by atoms with Crippen LogP contribution in [0.1, 0.15) is 44.9 Å². The molecule has 2 N–H and O–H groups in total. The van der Waals surface area contributed by atoms with Crippen molar-refractivity contribution in [3.8, 4) is 0 Å². The molecule has 2 fully saturated rings. The van der Waals surface area contributed by atoms with Crippen molar-refractivity contribution in [3.63, 3.8) is 0 Å². The third kappa shape index (κ3) is 3.44. The lowest BCUT2D eigenvalue weighted by molar-refractivity contribution is -0.105. The van der Waals surface area contributed by atoms with E-state index in [1.54, 1.807) is 7.11 Å². The fourth-order valence-electron chi connectivity index (χ4n) is 3.14. The highest BCUT2D eigenvalue weighted by Gasteiger charge is 2.38. The van der Waals surface area contributed by atoms with Crippen molar-refractivity contribution in [3.05, 3.63) is 0 Å². The first-order valence-electron chi connectivity index (χ1n) is 7.27. The molecule has 0 saturated carbocycles. The van der Waals surface area contributed by atoms with Gasteiger partial charge in [-0.3, -0.25) is 0 Å². The van der Waals surface area contributed by atoms with Crippen LogP contribution in [0.25, 0.3) is 0 Å². The van der Waals surface area contributed by atoms with E-state index in [1.165, 1.54) is 12.8 Å². The molecule has 0 amide bonds. The van der Waals surface area contributed by atoms with Crippen LogP contribution < -0.4 is 5.73 Å². The monoisotopic (exact) mass is 257 g/mol. The molecule has 0 aliphatic carbocycles. The van der Waals surface area contributed by atoms with Crippen LogP contribution in [-0.2, 0) is 14.2 Å². The minimum Gasteiger partial charge on any atom is -0.381 e. The van der Waals surface area contributed by atoms with Crippen molar-refractivity contribution in [2.45, 2.75) is 62.7 Å². The molecule has 0 spiro atoms. The molecule has 0 aromatic heterocycles. The quantitative estimate of drug-likeness (QED) is 0.789. The topological polar surface area (TPSA) is 53.7 Å². The zero-order valence-electron chi connectivity index (χ0n) is 11.5. The number of ether oxygens (including phenoxy) is 3. The maximum absolute atomic E-state index is 6.36. The average Bonchev–Trinajstić information content (AvgIpc) is 2.92. The van der Waals surface area contributed by atoms with Crippen molar-refractivity contribution in [1.82, 2.24) is 0 Å². The first-order valence-corrected chi connectivity index (χ1v) is 7.27. The molecule has 0 radical (unpaired) electrons. The van der Waals surface area contributed by atoms with Crippen LogP contribution in [0.15, 0.2) is 0 Å². The SMILES string of the molecule is COC1(C(N)CCCC2CCCO2)CCOCC1. The summed E-state index contributed by atoms with van der Waals surface area (Å²) in [6, 6.07) is 0.118. The van der Waals surface area contributed by atoms with E-state index in [-0.39, 0.29) is 11.6 Å². The van der Waals surface area contributed by atoms with Crippen LogP contribution in [0.2, 0.25) is 0 Å². The Hall–Kier alpha value is -0.160. The predicted molar refractivity (Wildman–Crippen MR) is 70.6 cm³/mol. The second-order valence-corrected chi connectivity index (χ2v) is 5.55. The molecule has 0 aromatic rings. The largest absolute Gasteiger partial charge is 0.381 e. The maximum atomic E-state index is 6.36. The van der Waals surface area contributed by atoms with Crippen LogP contribution in [0.5, 0.6) is 0 Å². The Bertz CT molecular complexity index is 235. The molecule has 0 bridgehead atoms. The molecule has 2 heterocycles. The lowest BCUT2D eigenvalue weighted by atomic mass is 9.83. The third-order valence-electron chi connectivity index (χ3n) is 4.49. The predicted octanol–water partition coefficient (Wildman–Crippen LogP) is 1.86. The fraction of sp³-hybridized carbons (Fsp3) is 1.00. The molecule has 0 aromatic carbocycles. The second kappa shape index (κ2) is 6.85. The molecule has 18 heavy (non-hydrogen) atoms. The normalized spacial score (nSPS) is 29.3. The van der Waals surface area contributed by atoms with E-state index in [4.69, 9.17) is 19.9 Å². The highest BCUT2D eigenvalue weighted by molar-refractivity contribution is 4.93. The van der Waals surface area contributed by atoms with Crippen LogP contribution in [0, 0.1) is 0 Å². The highest BCUT2D eigenvalue weighted by atomic mass is 16.5. The zero-order chi connectivity index (χ0) is 12.8. The molecule has 2 aliphatic rings. The van der Waals surface area contributed by atoms with Crippen molar-refractivity contribution in [1.29, 1.82) is 0 Å². The van der Waals surface area contributed by atoms with E-state index in [0.717, 1.165) is 51.9 Å². The van der Waals surface area contributed by atoms with Crippen LogP contribution >= 0.6 is 0 Å². The number of hydrogen-bond acceptors (Lipinski definition) is 4. The molecule has 2 rings (SSSR count). The Labute approximate surface area is 110 Å². The van der Waals surface area contributed by atoms with Gasteiger partial charge in [-0.1, -0.05) is 0 Å². The Morgan fingerprint density at radius 3 is 2.72 bits per heavy atom. The van der Waals surface area contributed by atoms with Crippen molar-refractivity contribution >= 4 is 0 Å². The van der Waals surface area contributed by atoms with Gasteiger partial charge >= 0.3 is 0 Å². The lowest BCUT2D eigenvalue weighted by Gasteiger charge is -2.40. The summed E-state index contributed by atoms with van der Waals surface area (Å²) in [7, 11) is 1.78. The summed E-state index contributed by atoms with van der Waals surface area (Å²) in [4.78, 5) is 0. The average molecular weight is 257 g/mol. The van der Waals surface area contributed by atoms with Gasteiger partial charge in [-0.15, -0.1) is 0 Å². The molecular weight excluding hydrogens is 230 g/mol. The van der Waals surface area contributed by atoms with Gasteiger partial charge in [0, 0.05) is 45.8 Å². The summed E-state index contributed by atoms with van der Waals surface area (Å²) in [5.41, 5.74) is 6.20. The summed E-state index contributed by atoms with van der Waals surface area (Å²) >= 11 is 0. The standard InChI is InChI=1S/C14H27NO3/c1-16-14(7-10-17-11-8-14)13(15)6-2-4-12-5-3-9-18-12/h12-13H,2-11,15H2,1H3. The van der Waals surface area contributed by atoms with Crippen LogP contribution in [0.3, 0.4) is 0 Å². The van der Waals surface area contributed by atoms with Gasteiger partial charge in [0.2, 0.25) is 0 Å². The summed E-state index contributed by atoms with van der Waals surface area (Å²) < 4.78 is 16.8. The Morgan fingerprint density at radius 2 is 2.11 bits per heavy atom. The molecule has 4 heteroatoms. The first-order chi connectivity index (χ1) is 8.77. The van der Waals surface area contributed by atoms with Gasteiger partial charge < -0.3 is 19.9 Å². The second-order valence-electron chi connectivity index (χ2n) is 5.55. The Morgan fingerprint density at radius 1 is 1.33 bits per heavy atom. The molecular formula is C14H27NO3. The van der Waals surface area contributed by atoms with E-state index in [0.29, 0.717) is 6.10 Å². The lowest BCUT2D eigenvalue weighted by Crippen LogP contribution is -2.52. The van der Waals surface area contributed by atoms with Gasteiger partial charge in [0.25, 0.3) is 0 Å². The molecule has 2 unspecified atom stereocenters. The van der Waals surface area contributed by atoms with Crippen molar-refractivity contribution in [2.75, 3.05) is 26.9 Å². The first kappa shape index (κ1) is 14.3. The summed E-state index contributed by atoms with van der Waals surface area (Å²) in [6.45, 7) is 2.48. The summed E-state index contributed by atoms with van der Waals surface area (Å²) in [5, 5.41) is 0. The number of rotatable bonds is 6. The van der Waals surface area contributed by atoms with Gasteiger partial charge in [-0.05, 0) is 32.1 Å². The van der Waals surface area contributed by atoms with Crippen molar-refractivity contribution < 1.29 is 14.2 Å². The maximum Gasteiger partial charge on any atom is 0.0872 e. The minimum absolute atomic E-state index is 0.118. The fourth-order valence-corrected chi connectivity index (χ4v) is 3.14. The van der Waals surface area contributed by atoms with E-state index >= 15 is 0 Å². The minimum atomic E-state index is -0.158. The van der Waals surface area contributed by atoms with Gasteiger partial charge in [0.1, 0.15) is 0 Å². The van der Waals surface area contributed by atoms with Crippen molar-refractivity contribution in [2.24, 2.45) is 5.73 Å². The number of methoxy groups -OCH3 is 1. The van der Waals surface area contributed by atoms with E-state index in [2.05, 4.69) is 0 Å². The molecule has 4 nitrogen and oxygen atoms in total. The highest BCUT2D eigenvalue weighted by Crippen LogP contribution is 2.30. The Balaban J connectivity index is 1.72. The van der Waals surface area contributed by atoms with E-state index < -0.39 is 0 Å². The summed E-state index contributed by atoms with van der Waals surface area (Å²) in [6.07, 6.45) is 8.06.